The van der Waals surface area contributed by atoms with E-state index in [0.29, 0.717) is 0 Å². The third kappa shape index (κ3) is 2.15. The zero-order valence-electron chi connectivity index (χ0n) is 11.9. The SMILES string of the molecule is CC(C)(C)c1nc2sc(-c3ccccc3)cn2c1CO. The fraction of sp³-hybridized carbons (Fsp3) is 0.312. The molecule has 0 aliphatic rings. The van der Waals surface area contributed by atoms with Crippen LogP contribution in [-0.4, -0.2) is 14.5 Å². The number of aromatic nitrogens is 2. The molecule has 0 radical (unpaired) electrons. The van der Waals surface area contributed by atoms with Gasteiger partial charge < -0.3 is 5.11 Å². The van der Waals surface area contributed by atoms with Gasteiger partial charge in [-0.1, -0.05) is 62.4 Å². The van der Waals surface area contributed by atoms with Crippen molar-refractivity contribution in [1.82, 2.24) is 9.38 Å². The smallest absolute Gasteiger partial charge is 0.194 e. The Bertz CT molecular complexity index is 735. The van der Waals surface area contributed by atoms with Crippen molar-refractivity contribution in [1.29, 1.82) is 0 Å². The molecular weight excluding hydrogens is 268 g/mol. The molecule has 0 unspecified atom stereocenters. The van der Waals surface area contributed by atoms with Crippen LogP contribution in [-0.2, 0) is 12.0 Å². The Hall–Kier alpha value is -1.65. The second kappa shape index (κ2) is 4.72. The van der Waals surface area contributed by atoms with Crippen LogP contribution in [0.2, 0.25) is 0 Å². The van der Waals surface area contributed by atoms with E-state index in [2.05, 4.69) is 39.1 Å². The molecule has 0 saturated carbocycles. The van der Waals surface area contributed by atoms with Gasteiger partial charge in [-0.05, 0) is 5.56 Å². The van der Waals surface area contributed by atoms with E-state index in [-0.39, 0.29) is 12.0 Å². The van der Waals surface area contributed by atoms with Crippen molar-refractivity contribution in [3.63, 3.8) is 0 Å². The van der Waals surface area contributed by atoms with E-state index in [1.165, 1.54) is 10.4 Å². The van der Waals surface area contributed by atoms with E-state index in [1.807, 2.05) is 22.6 Å². The van der Waals surface area contributed by atoms with Crippen molar-refractivity contribution in [2.45, 2.75) is 32.8 Å². The molecule has 0 saturated heterocycles. The number of aliphatic hydroxyl groups is 1. The average Bonchev–Trinajstić information content (AvgIpc) is 2.95. The summed E-state index contributed by atoms with van der Waals surface area (Å²) < 4.78 is 2.02. The maximum absolute atomic E-state index is 9.69. The molecule has 0 atom stereocenters. The number of hydrogen-bond donors (Lipinski definition) is 1. The zero-order chi connectivity index (χ0) is 14.3. The highest BCUT2D eigenvalue weighted by Gasteiger charge is 2.24. The molecule has 0 fully saturated rings. The summed E-state index contributed by atoms with van der Waals surface area (Å²) in [6, 6.07) is 10.3. The van der Waals surface area contributed by atoms with Crippen molar-refractivity contribution in [2.24, 2.45) is 0 Å². The molecule has 2 aromatic heterocycles. The summed E-state index contributed by atoms with van der Waals surface area (Å²) in [5.74, 6) is 0. The summed E-state index contributed by atoms with van der Waals surface area (Å²) >= 11 is 1.66. The molecular formula is C16H18N2OS. The highest BCUT2D eigenvalue weighted by Crippen LogP contribution is 2.33. The molecule has 1 aromatic carbocycles. The van der Waals surface area contributed by atoms with Crippen LogP contribution in [0.25, 0.3) is 15.4 Å². The molecule has 0 bridgehead atoms. The van der Waals surface area contributed by atoms with E-state index < -0.39 is 0 Å². The summed E-state index contributed by atoms with van der Waals surface area (Å²) in [4.78, 5) is 6.83. The second-order valence-electron chi connectivity index (χ2n) is 5.93. The summed E-state index contributed by atoms with van der Waals surface area (Å²) in [6.07, 6.45) is 2.07. The van der Waals surface area contributed by atoms with Crippen molar-refractivity contribution >= 4 is 16.3 Å². The van der Waals surface area contributed by atoms with Gasteiger partial charge in [0.1, 0.15) is 0 Å². The van der Waals surface area contributed by atoms with Crippen molar-refractivity contribution in [2.75, 3.05) is 0 Å². The lowest BCUT2D eigenvalue weighted by molar-refractivity contribution is 0.272. The van der Waals surface area contributed by atoms with Crippen LogP contribution in [0, 0.1) is 0 Å². The first-order valence-electron chi connectivity index (χ1n) is 6.68. The molecule has 0 spiro atoms. The van der Waals surface area contributed by atoms with E-state index in [9.17, 15) is 5.11 Å². The second-order valence-corrected chi connectivity index (χ2v) is 6.94. The zero-order valence-corrected chi connectivity index (χ0v) is 12.7. The van der Waals surface area contributed by atoms with Gasteiger partial charge in [0.2, 0.25) is 0 Å². The lowest BCUT2D eigenvalue weighted by atomic mass is 9.91. The first-order chi connectivity index (χ1) is 9.50. The highest BCUT2D eigenvalue weighted by atomic mass is 32.1. The minimum Gasteiger partial charge on any atom is -0.390 e. The molecule has 4 heteroatoms. The molecule has 3 nitrogen and oxygen atoms in total. The molecule has 2 heterocycles. The van der Waals surface area contributed by atoms with Gasteiger partial charge in [0, 0.05) is 11.6 Å². The molecule has 3 aromatic rings. The summed E-state index contributed by atoms with van der Waals surface area (Å²) in [7, 11) is 0. The third-order valence-corrected chi connectivity index (χ3v) is 4.38. The minimum atomic E-state index is -0.0588. The van der Waals surface area contributed by atoms with Crippen molar-refractivity contribution in [3.8, 4) is 10.4 Å². The normalized spacial score (nSPS) is 12.2. The molecule has 3 rings (SSSR count). The van der Waals surface area contributed by atoms with Gasteiger partial charge in [-0.25, -0.2) is 4.98 Å². The first kappa shape index (κ1) is 13.3. The fourth-order valence-corrected chi connectivity index (χ4v) is 3.39. The molecule has 104 valence electrons. The maximum atomic E-state index is 9.69. The quantitative estimate of drug-likeness (QED) is 0.777. The Morgan fingerprint density at radius 1 is 1.20 bits per heavy atom. The lowest BCUT2D eigenvalue weighted by Gasteiger charge is -2.16. The monoisotopic (exact) mass is 286 g/mol. The Balaban J connectivity index is 2.17. The number of aliphatic hydroxyl groups excluding tert-OH is 1. The molecule has 0 amide bonds. The van der Waals surface area contributed by atoms with Crippen LogP contribution >= 0.6 is 11.3 Å². The predicted octanol–water partition coefficient (Wildman–Crippen LogP) is 3.85. The molecule has 0 aliphatic heterocycles. The number of thiazole rings is 1. The summed E-state index contributed by atoms with van der Waals surface area (Å²) in [5, 5.41) is 9.69. The van der Waals surface area contributed by atoms with Crippen LogP contribution in [0.1, 0.15) is 32.2 Å². The topological polar surface area (TPSA) is 37.5 Å². The number of nitrogens with zero attached hydrogens (tertiary/aromatic N) is 2. The van der Waals surface area contributed by atoms with E-state index in [1.54, 1.807) is 11.3 Å². The van der Waals surface area contributed by atoms with Gasteiger partial charge in [0.25, 0.3) is 0 Å². The van der Waals surface area contributed by atoms with E-state index in [0.717, 1.165) is 16.3 Å². The Kier molecular flexibility index (Phi) is 3.15. The van der Waals surface area contributed by atoms with E-state index >= 15 is 0 Å². The van der Waals surface area contributed by atoms with Gasteiger partial charge in [0.05, 0.1) is 22.9 Å². The molecule has 20 heavy (non-hydrogen) atoms. The van der Waals surface area contributed by atoms with Gasteiger partial charge in [-0.15, -0.1) is 0 Å². The van der Waals surface area contributed by atoms with Gasteiger partial charge in [-0.3, -0.25) is 4.40 Å². The predicted molar refractivity (Wildman–Crippen MR) is 83.1 cm³/mol. The van der Waals surface area contributed by atoms with Crippen LogP contribution < -0.4 is 0 Å². The molecule has 1 N–H and O–H groups in total. The van der Waals surface area contributed by atoms with E-state index in [4.69, 9.17) is 4.98 Å². The van der Waals surface area contributed by atoms with Crippen LogP contribution in [0.15, 0.2) is 36.5 Å². The number of imidazole rings is 1. The maximum Gasteiger partial charge on any atom is 0.194 e. The standard InChI is InChI=1S/C16H18N2OS/c1-16(2,3)14-12(10-19)18-9-13(20-15(18)17-14)11-7-5-4-6-8-11/h4-9,19H,10H2,1-3H3. The number of benzene rings is 1. The Labute approximate surface area is 122 Å². The third-order valence-electron chi connectivity index (χ3n) is 3.34. The number of fused-ring (bicyclic) bond motifs is 1. The number of rotatable bonds is 2. The lowest BCUT2D eigenvalue weighted by Crippen LogP contribution is -2.15. The highest BCUT2D eigenvalue weighted by molar-refractivity contribution is 7.20. The minimum absolute atomic E-state index is 0.0126. The van der Waals surface area contributed by atoms with Gasteiger partial charge >= 0.3 is 0 Å². The summed E-state index contributed by atoms with van der Waals surface area (Å²) in [5.41, 5.74) is 3.00. The van der Waals surface area contributed by atoms with Crippen LogP contribution in [0.3, 0.4) is 0 Å². The van der Waals surface area contributed by atoms with Crippen LogP contribution in [0.4, 0.5) is 0 Å². The molecule has 0 aliphatic carbocycles. The first-order valence-corrected chi connectivity index (χ1v) is 7.50. The average molecular weight is 286 g/mol. The summed E-state index contributed by atoms with van der Waals surface area (Å²) in [6.45, 7) is 6.38. The van der Waals surface area contributed by atoms with Gasteiger partial charge in [0.15, 0.2) is 4.96 Å². The fourth-order valence-electron chi connectivity index (χ4n) is 2.38. The number of hydrogen-bond acceptors (Lipinski definition) is 3. The van der Waals surface area contributed by atoms with Crippen LogP contribution in [0.5, 0.6) is 0 Å². The Morgan fingerprint density at radius 2 is 1.90 bits per heavy atom. The van der Waals surface area contributed by atoms with Crippen molar-refractivity contribution < 1.29 is 5.11 Å². The Morgan fingerprint density at radius 3 is 2.50 bits per heavy atom. The van der Waals surface area contributed by atoms with Gasteiger partial charge in [-0.2, -0.15) is 0 Å². The largest absolute Gasteiger partial charge is 0.390 e. The van der Waals surface area contributed by atoms with Crippen molar-refractivity contribution in [3.05, 3.63) is 47.9 Å².